The Balaban J connectivity index is 1.16. The zero-order chi connectivity index (χ0) is 37.4. The van der Waals surface area contributed by atoms with Crippen molar-refractivity contribution in [3.8, 4) is 34.8 Å². The van der Waals surface area contributed by atoms with Crippen molar-refractivity contribution in [1.82, 2.24) is 19.4 Å². The number of piperidine rings is 1. The van der Waals surface area contributed by atoms with Crippen molar-refractivity contribution in [2.45, 2.75) is 43.7 Å². The summed E-state index contributed by atoms with van der Waals surface area (Å²) in [7, 11) is 7.94. The van der Waals surface area contributed by atoms with Gasteiger partial charge in [-0.2, -0.15) is 5.26 Å². The Labute approximate surface area is 311 Å². The molecule has 3 heterocycles. The smallest absolute Gasteiger partial charge is 0.254 e. The van der Waals surface area contributed by atoms with E-state index >= 15 is 0 Å². The lowest BCUT2D eigenvalue weighted by molar-refractivity contribution is 0.0779. The number of carbonyl (C=O) groups is 1. The molecule has 1 N–H and O–H groups in total. The average Bonchev–Trinajstić information content (AvgIpc) is 3.80. The molecule has 1 amide bonds. The van der Waals surface area contributed by atoms with Gasteiger partial charge < -0.3 is 48.1 Å². The molecule has 0 aliphatic carbocycles. The highest BCUT2D eigenvalue weighted by molar-refractivity contribution is 5.96. The van der Waals surface area contributed by atoms with Gasteiger partial charge in [0.25, 0.3) is 5.91 Å². The number of para-hydroxylation sites is 2. The number of nitrogens with one attached hydrogen (secondary N) is 1. The summed E-state index contributed by atoms with van der Waals surface area (Å²) in [6, 6.07) is 20.0. The number of hydrogen-bond donors (Lipinski definition) is 1. The number of rotatable bonds is 16. The van der Waals surface area contributed by atoms with E-state index in [0.29, 0.717) is 60.6 Å². The van der Waals surface area contributed by atoms with Gasteiger partial charge in [-0.25, -0.2) is 4.98 Å². The minimum absolute atomic E-state index is 0.0720. The highest BCUT2D eigenvalue weighted by Gasteiger charge is 2.42. The number of anilines is 1. The van der Waals surface area contributed by atoms with Gasteiger partial charge in [-0.15, -0.1) is 0 Å². The number of likely N-dealkylation sites (tertiary alicyclic amines) is 2. The molecule has 53 heavy (non-hydrogen) atoms. The number of methoxy groups -OCH3 is 5. The Bertz CT molecular complexity index is 1890. The second kappa shape index (κ2) is 17.1. The maximum absolute atomic E-state index is 14.1. The van der Waals surface area contributed by atoms with Crippen molar-refractivity contribution in [3.05, 3.63) is 65.7 Å². The van der Waals surface area contributed by atoms with E-state index in [9.17, 15) is 4.79 Å². The number of ether oxygens (including phenoxy) is 6. The molecule has 6 rings (SSSR count). The van der Waals surface area contributed by atoms with Crippen LogP contribution in [0.15, 0.2) is 54.6 Å². The van der Waals surface area contributed by atoms with Gasteiger partial charge in [-0.1, -0.05) is 18.2 Å². The van der Waals surface area contributed by atoms with Crippen molar-refractivity contribution in [2.75, 3.05) is 86.8 Å². The van der Waals surface area contributed by atoms with E-state index in [-0.39, 0.29) is 24.0 Å². The molecule has 282 valence electrons. The molecule has 1 unspecified atom stereocenters. The minimum atomic E-state index is -0.288. The van der Waals surface area contributed by atoms with Gasteiger partial charge in [0, 0.05) is 49.7 Å². The fourth-order valence-electron chi connectivity index (χ4n) is 7.72. The van der Waals surface area contributed by atoms with Gasteiger partial charge in [0.2, 0.25) is 11.7 Å². The molecule has 1 aromatic heterocycles. The Morgan fingerprint density at radius 1 is 0.887 bits per heavy atom. The normalized spacial score (nSPS) is 17.8. The second-order valence-electron chi connectivity index (χ2n) is 13.5. The molecule has 2 saturated heterocycles. The standard InChI is InChI=1S/C40H50N6O7/c1-48-33-11-10-29(26-34(33)49-2)40(15-20-45(27-40)38(47)28-24-35(50-3)37(52-5)36(25-28)51-4)14-19-44-17-12-30(13-18-44)42-39-43-31-8-6-7-9-32(31)46(39)21-23-53-22-16-41/h6-11,24-26,30H,12-15,17-23,27H2,1-5H3,(H,42,43). The molecule has 3 aromatic carbocycles. The first-order chi connectivity index (χ1) is 25.9. The lowest BCUT2D eigenvalue weighted by atomic mass is 9.76. The van der Waals surface area contributed by atoms with Crippen molar-refractivity contribution >= 4 is 22.9 Å². The summed E-state index contributed by atoms with van der Waals surface area (Å²) in [5.74, 6) is 3.44. The van der Waals surface area contributed by atoms with E-state index in [1.165, 1.54) is 0 Å². The first-order valence-electron chi connectivity index (χ1n) is 18.1. The average molecular weight is 727 g/mol. The largest absolute Gasteiger partial charge is 0.493 e. The molecule has 2 aliphatic rings. The lowest BCUT2D eigenvalue weighted by Crippen LogP contribution is -2.42. The molecule has 1 atom stereocenters. The fourth-order valence-corrected chi connectivity index (χ4v) is 7.72. The molecule has 0 spiro atoms. The van der Waals surface area contributed by atoms with Crippen LogP contribution in [0.3, 0.4) is 0 Å². The number of hydrogen-bond acceptors (Lipinski definition) is 11. The van der Waals surface area contributed by atoms with Gasteiger partial charge >= 0.3 is 0 Å². The van der Waals surface area contributed by atoms with Crippen molar-refractivity contribution < 1.29 is 33.2 Å². The topological polar surface area (TPSA) is 133 Å². The first kappa shape index (κ1) is 37.6. The van der Waals surface area contributed by atoms with Gasteiger partial charge in [0.05, 0.1) is 59.3 Å². The number of carbonyl (C=O) groups excluding carboxylic acids is 1. The summed E-state index contributed by atoms with van der Waals surface area (Å²) in [6.07, 6.45) is 3.63. The summed E-state index contributed by atoms with van der Waals surface area (Å²) in [5.41, 5.74) is 3.30. The van der Waals surface area contributed by atoms with Crippen LogP contribution in [0, 0.1) is 11.3 Å². The van der Waals surface area contributed by atoms with Gasteiger partial charge in [-0.05, 0) is 74.2 Å². The van der Waals surface area contributed by atoms with Crippen molar-refractivity contribution in [2.24, 2.45) is 0 Å². The second-order valence-corrected chi connectivity index (χ2v) is 13.5. The molecule has 13 nitrogen and oxygen atoms in total. The number of amides is 1. The van der Waals surface area contributed by atoms with E-state index < -0.39 is 0 Å². The molecule has 0 saturated carbocycles. The molecule has 4 aromatic rings. The third kappa shape index (κ3) is 8.09. The quantitative estimate of drug-likeness (QED) is 0.150. The Morgan fingerprint density at radius 2 is 1.60 bits per heavy atom. The van der Waals surface area contributed by atoms with Crippen LogP contribution in [0.5, 0.6) is 28.7 Å². The van der Waals surface area contributed by atoms with Crippen LogP contribution < -0.4 is 29.0 Å². The monoisotopic (exact) mass is 726 g/mol. The van der Waals surface area contributed by atoms with Crippen LogP contribution in [-0.4, -0.2) is 113 Å². The third-order valence-electron chi connectivity index (χ3n) is 10.7. The van der Waals surface area contributed by atoms with Gasteiger partial charge in [0.1, 0.15) is 6.61 Å². The summed E-state index contributed by atoms with van der Waals surface area (Å²) in [5, 5.41) is 12.6. The predicted molar refractivity (Wildman–Crippen MR) is 202 cm³/mol. The van der Waals surface area contributed by atoms with E-state index in [1.807, 2.05) is 35.2 Å². The first-order valence-corrected chi connectivity index (χ1v) is 18.1. The number of nitrogens with zero attached hydrogens (tertiary/aromatic N) is 5. The fraction of sp³-hybridized carbons (Fsp3) is 0.475. The molecule has 2 aliphatic heterocycles. The number of benzene rings is 3. The number of imidazole rings is 1. The van der Waals surface area contributed by atoms with Crippen LogP contribution in [0.2, 0.25) is 0 Å². The maximum atomic E-state index is 14.1. The highest BCUT2D eigenvalue weighted by atomic mass is 16.5. The molecule has 13 heteroatoms. The Morgan fingerprint density at radius 3 is 2.28 bits per heavy atom. The maximum Gasteiger partial charge on any atom is 0.254 e. The highest BCUT2D eigenvalue weighted by Crippen LogP contribution is 2.43. The summed E-state index contributed by atoms with van der Waals surface area (Å²) in [6.45, 7) is 5.07. The number of nitriles is 1. The summed E-state index contributed by atoms with van der Waals surface area (Å²) in [4.78, 5) is 23.4. The molecular formula is C40H50N6O7. The third-order valence-corrected chi connectivity index (χ3v) is 10.7. The Kier molecular flexibility index (Phi) is 12.1. The molecular weight excluding hydrogens is 676 g/mol. The minimum Gasteiger partial charge on any atom is -0.493 e. The molecule has 2 fully saturated rings. The van der Waals surface area contributed by atoms with Crippen LogP contribution in [0.1, 0.15) is 41.6 Å². The van der Waals surface area contributed by atoms with Crippen LogP contribution >= 0.6 is 0 Å². The summed E-state index contributed by atoms with van der Waals surface area (Å²) < 4.78 is 35.5. The molecule has 0 bridgehead atoms. The SMILES string of the molecule is COc1ccc(C2(CCN3CCC(Nc4nc5ccccc5n4CCOCC#N)CC3)CCN(C(=O)c3cc(OC)c(OC)c(OC)c3)C2)cc1OC. The van der Waals surface area contributed by atoms with E-state index in [0.717, 1.165) is 67.9 Å². The zero-order valence-corrected chi connectivity index (χ0v) is 31.4. The van der Waals surface area contributed by atoms with E-state index in [4.69, 9.17) is 38.7 Å². The van der Waals surface area contributed by atoms with Crippen molar-refractivity contribution in [1.29, 1.82) is 5.26 Å². The number of fused-ring (bicyclic) bond motifs is 1. The van der Waals surface area contributed by atoms with Crippen LogP contribution in [0.4, 0.5) is 5.95 Å². The zero-order valence-electron chi connectivity index (χ0n) is 31.4. The summed E-state index contributed by atoms with van der Waals surface area (Å²) >= 11 is 0. The number of aromatic nitrogens is 2. The van der Waals surface area contributed by atoms with Crippen LogP contribution in [0.25, 0.3) is 11.0 Å². The lowest BCUT2D eigenvalue weighted by Gasteiger charge is -2.36. The van der Waals surface area contributed by atoms with E-state index in [1.54, 1.807) is 47.7 Å². The predicted octanol–water partition coefficient (Wildman–Crippen LogP) is 5.37. The molecule has 0 radical (unpaired) electrons. The van der Waals surface area contributed by atoms with Crippen molar-refractivity contribution in [3.63, 3.8) is 0 Å². The van der Waals surface area contributed by atoms with Gasteiger partial charge in [0.15, 0.2) is 23.0 Å². The van der Waals surface area contributed by atoms with E-state index in [2.05, 4.69) is 33.0 Å². The van der Waals surface area contributed by atoms with Gasteiger partial charge in [-0.3, -0.25) is 4.79 Å². The Hall–Kier alpha value is -5.19. The van der Waals surface area contributed by atoms with Crippen LogP contribution in [-0.2, 0) is 16.7 Å².